The second-order valence-electron chi connectivity index (χ2n) is 8.53. The standard InChI is InChI=1S/C26H21ClF3NO6/c1-14(19-12-18(7-8-20(19)27)37-17-5-3-4-15(10-17)24(33)34)25(35,26(28,29)30)16-6-9-22-21(11-16)31(2)23(32)13-36-22/h3-12,14,35H,13H2,1-2H3,(H,33,34). The molecule has 2 atom stereocenters. The van der Waals surface area contributed by atoms with Crippen LogP contribution in [-0.2, 0) is 10.4 Å². The van der Waals surface area contributed by atoms with Crippen LogP contribution in [0.1, 0.15) is 34.3 Å². The lowest BCUT2D eigenvalue weighted by atomic mass is 9.77. The van der Waals surface area contributed by atoms with Crippen molar-refractivity contribution in [1.82, 2.24) is 0 Å². The summed E-state index contributed by atoms with van der Waals surface area (Å²) in [6.45, 7) is 0.926. The van der Waals surface area contributed by atoms with Crippen LogP contribution in [0, 0.1) is 0 Å². The number of likely N-dealkylation sites (N-methyl/N-ethyl adjacent to an activating group) is 1. The second-order valence-corrected chi connectivity index (χ2v) is 8.94. The molecule has 2 unspecified atom stereocenters. The highest BCUT2D eigenvalue weighted by molar-refractivity contribution is 6.31. The minimum atomic E-state index is -5.14. The molecule has 0 aliphatic carbocycles. The highest BCUT2D eigenvalue weighted by Gasteiger charge is 2.59. The molecule has 194 valence electrons. The first kappa shape index (κ1) is 26.3. The van der Waals surface area contributed by atoms with Crippen LogP contribution in [0.4, 0.5) is 18.9 Å². The minimum absolute atomic E-state index is 0.0358. The average Bonchev–Trinajstić information content (AvgIpc) is 2.86. The first-order valence-electron chi connectivity index (χ1n) is 11.0. The van der Waals surface area contributed by atoms with Crippen molar-refractivity contribution in [2.75, 3.05) is 18.6 Å². The zero-order valence-corrected chi connectivity index (χ0v) is 20.3. The van der Waals surface area contributed by atoms with Crippen molar-refractivity contribution in [1.29, 1.82) is 0 Å². The zero-order chi connectivity index (χ0) is 27.1. The predicted molar refractivity (Wildman–Crippen MR) is 129 cm³/mol. The lowest BCUT2D eigenvalue weighted by Gasteiger charge is -2.38. The molecule has 3 aromatic rings. The monoisotopic (exact) mass is 535 g/mol. The fraction of sp³-hybridized carbons (Fsp3) is 0.231. The summed E-state index contributed by atoms with van der Waals surface area (Å²) in [5, 5.41) is 20.4. The third-order valence-electron chi connectivity index (χ3n) is 6.30. The van der Waals surface area contributed by atoms with Crippen LogP contribution in [0.3, 0.4) is 0 Å². The smallest absolute Gasteiger partial charge is 0.422 e. The number of ether oxygens (including phenoxy) is 2. The Hall–Kier alpha value is -3.76. The number of nitrogens with zero attached hydrogens (tertiary/aromatic N) is 1. The Morgan fingerprint density at radius 1 is 1.11 bits per heavy atom. The largest absolute Gasteiger partial charge is 0.482 e. The summed E-state index contributed by atoms with van der Waals surface area (Å²) in [5.74, 6) is -2.81. The Balaban J connectivity index is 1.76. The molecule has 0 aromatic heterocycles. The third-order valence-corrected chi connectivity index (χ3v) is 6.64. The molecule has 1 amide bonds. The number of carboxylic acids is 1. The number of hydrogen-bond donors (Lipinski definition) is 2. The molecule has 1 aliphatic heterocycles. The van der Waals surface area contributed by atoms with Gasteiger partial charge in [-0.05, 0) is 59.7 Å². The number of aromatic carboxylic acids is 1. The van der Waals surface area contributed by atoms with E-state index in [2.05, 4.69) is 0 Å². The maximum absolute atomic E-state index is 14.5. The van der Waals surface area contributed by atoms with Crippen molar-refractivity contribution < 1.29 is 42.4 Å². The normalized spacial score (nSPS) is 15.9. The molecule has 0 bridgehead atoms. The van der Waals surface area contributed by atoms with Crippen LogP contribution >= 0.6 is 11.6 Å². The number of halogens is 4. The van der Waals surface area contributed by atoms with Crippen molar-refractivity contribution in [2.45, 2.75) is 24.6 Å². The molecular weight excluding hydrogens is 515 g/mol. The molecular formula is C26H21ClF3NO6. The van der Waals surface area contributed by atoms with Gasteiger partial charge in [-0.1, -0.05) is 30.7 Å². The summed E-state index contributed by atoms with van der Waals surface area (Å²) >= 11 is 6.28. The third kappa shape index (κ3) is 4.82. The van der Waals surface area contributed by atoms with Crippen molar-refractivity contribution in [3.63, 3.8) is 0 Å². The van der Waals surface area contributed by atoms with E-state index in [4.69, 9.17) is 21.1 Å². The quantitative estimate of drug-likeness (QED) is 0.418. The van der Waals surface area contributed by atoms with Gasteiger partial charge in [0.2, 0.25) is 0 Å². The fourth-order valence-corrected chi connectivity index (χ4v) is 4.42. The van der Waals surface area contributed by atoms with Gasteiger partial charge in [-0.2, -0.15) is 13.2 Å². The topological polar surface area (TPSA) is 96.3 Å². The summed E-state index contributed by atoms with van der Waals surface area (Å²) in [5.41, 5.74) is -3.93. The highest BCUT2D eigenvalue weighted by atomic mass is 35.5. The van der Waals surface area contributed by atoms with Crippen LogP contribution < -0.4 is 14.4 Å². The molecule has 4 rings (SSSR count). The number of fused-ring (bicyclic) bond motifs is 1. The van der Waals surface area contributed by atoms with E-state index in [0.717, 1.165) is 17.0 Å². The number of benzene rings is 3. The number of carbonyl (C=O) groups excluding carboxylic acids is 1. The maximum Gasteiger partial charge on any atom is 0.422 e. The van der Waals surface area contributed by atoms with Gasteiger partial charge in [0.1, 0.15) is 17.2 Å². The van der Waals surface area contributed by atoms with Gasteiger partial charge in [0.15, 0.2) is 12.2 Å². The molecule has 1 aliphatic rings. The number of hydrogen-bond acceptors (Lipinski definition) is 5. The first-order valence-corrected chi connectivity index (χ1v) is 11.3. The van der Waals surface area contributed by atoms with Gasteiger partial charge >= 0.3 is 12.1 Å². The molecule has 0 saturated carbocycles. The lowest BCUT2D eigenvalue weighted by molar-refractivity contribution is -0.274. The van der Waals surface area contributed by atoms with E-state index >= 15 is 0 Å². The number of alkyl halides is 3. The first-order chi connectivity index (χ1) is 17.3. The Labute approximate surface area is 214 Å². The Morgan fingerprint density at radius 3 is 2.49 bits per heavy atom. The summed E-state index contributed by atoms with van der Waals surface area (Å²) in [4.78, 5) is 24.4. The molecule has 0 saturated heterocycles. The fourth-order valence-electron chi connectivity index (χ4n) is 4.14. The summed E-state index contributed by atoms with van der Waals surface area (Å²) in [6, 6.07) is 13.0. The number of carbonyl (C=O) groups is 2. The molecule has 37 heavy (non-hydrogen) atoms. The van der Waals surface area contributed by atoms with E-state index in [-0.39, 0.29) is 45.7 Å². The molecule has 0 radical (unpaired) electrons. The molecule has 11 heteroatoms. The van der Waals surface area contributed by atoms with Crippen LogP contribution in [0.5, 0.6) is 17.2 Å². The molecule has 7 nitrogen and oxygen atoms in total. The van der Waals surface area contributed by atoms with E-state index in [9.17, 15) is 33.0 Å². The van der Waals surface area contributed by atoms with Crippen molar-refractivity contribution >= 4 is 29.2 Å². The zero-order valence-electron chi connectivity index (χ0n) is 19.5. The average molecular weight is 536 g/mol. The van der Waals surface area contributed by atoms with E-state index in [1.165, 1.54) is 62.5 Å². The van der Waals surface area contributed by atoms with Crippen LogP contribution in [0.25, 0.3) is 0 Å². The number of rotatable bonds is 6. The van der Waals surface area contributed by atoms with Crippen LogP contribution in [0.2, 0.25) is 5.02 Å². The van der Waals surface area contributed by atoms with Gasteiger partial charge < -0.3 is 24.6 Å². The van der Waals surface area contributed by atoms with Crippen LogP contribution in [0.15, 0.2) is 60.7 Å². The van der Waals surface area contributed by atoms with Gasteiger partial charge in [0.25, 0.3) is 5.91 Å². The Morgan fingerprint density at radius 2 is 1.81 bits per heavy atom. The van der Waals surface area contributed by atoms with Crippen molar-refractivity contribution in [3.05, 3.63) is 82.4 Å². The number of aliphatic hydroxyl groups is 1. The maximum atomic E-state index is 14.5. The Bertz CT molecular complexity index is 1380. The lowest BCUT2D eigenvalue weighted by Crippen LogP contribution is -2.47. The number of amides is 1. The van der Waals surface area contributed by atoms with Gasteiger partial charge in [-0.3, -0.25) is 4.79 Å². The number of anilines is 1. The SMILES string of the molecule is CC(c1cc(Oc2cccc(C(=O)O)c2)ccc1Cl)C(O)(c1ccc2c(c1)N(C)C(=O)CO2)C(F)(F)F. The number of carboxylic acid groups (broad SMARTS) is 1. The summed E-state index contributed by atoms with van der Waals surface area (Å²) in [6.07, 6.45) is -5.14. The van der Waals surface area contributed by atoms with E-state index in [1.54, 1.807) is 0 Å². The van der Waals surface area contributed by atoms with Gasteiger partial charge in [-0.15, -0.1) is 0 Å². The van der Waals surface area contributed by atoms with E-state index < -0.39 is 35.1 Å². The Kier molecular flexibility index (Phi) is 6.83. The van der Waals surface area contributed by atoms with E-state index in [0.29, 0.717) is 0 Å². The van der Waals surface area contributed by atoms with Gasteiger partial charge in [-0.25, -0.2) is 4.79 Å². The molecule has 0 spiro atoms. The van der Waals surface area contributed by atoms with Crippen LogP contribution in [-0.4, -0.2) is 41.9 Å². The predicted octanol–water partition coefficient (Wildman–Crippen LogP) is 5.74. The summed E-state index contributed by atoms with van der Waals surface area (Å²) in [7, 11) is 1.40. The summed E-state index contributed by atoms with van der Waals surface area (Å²) < 4.78 is 54.6. The molecule has 1 heterocycles. The highest BCUT2D eigenvalue weighted by Crippen LogP contribution is 2.51. The van der Waals surface area contributed by atoms with E-state index in [1.807, 2.05) is 0 Å². The van der Waals surface area contributed by atoms with Crippen molar-refractivity contribution in [3.8, 4) is 17.2 Å². The van der Waals surface area contributed by atoms with Crippen molar-refractivity contribution in [2.24, 2.45) is 0 Å². The molecule has 3 aromatic carbocycles. The molecule has 0 fully saturated rings. The van der Waals surface area contributed by atoms with Gasteiger partial charge in [0.05, 0.1) is 11.3 Å². The van der Waals surface area contributed by atoms with Gasteiger partial charge in [0, 0.05) is 18.0 Å². The minimum Gasteiger partial charge on any atom is -0.482 e. The second kappa shape index (κ2) is 9.60. The molecule has 2 N–H and O–H groups in total.